The minimum Gasteiger partial charge on any atom is -0.373 e. The fourth-order valence-electron chi connectivity index (χ4n) is 2.69. The van der Waals surface area contributed by atoms with Gasteiger partial charge < -0.3 is 10.5 Å². The Morgan fingerprint density at radius 2 is 2.21 bits per heavy atom. The third-order valence-corrected chi connectivity index (χ3v) is 3.69. The number of rotatable bonds is 3. The van der Waals surface area contributed by atoms with Crippen molar-refractivity contribution < 1.29 is 9.13 Å². The Morgan fingerprint density at radius 3 is 2.79 bits per heavy atom. The van der Waals surface area contributed by atoms with E-state index in [9.17, 15) is 4.39 Å². The van der Waals surface area contributed by atoms with Gasteiger partial charge >= 0.3 is 0 Å². The summed E-state index contributed by atoms with van der Waals surface area (Å²) >= 11 is 0. The molecule has 1 atom stereocenters. The van der Waals surface area contributed by atoms with Crippen LogP contribution in [0.4, 0.5) is 4.39 Å². The van der Waals surface area contributed by atoms with Crippen LogP contribution in [0.5, 0.6) is 0 Å². The number of aryl methyl sites for hydroxylation is 1. The lowest BCUT2D eigenvalue weighted by Crippen LogP contribution is -2.50. The molecule has 106 valence electrons. The molecule has 0 spiro atoms. The number of halogens is 1. The Balaban J connectivity index is 2.21. The molecular weight excluding hydrogens is 243 g/mol. The first-order valence-electron chi connectivity index (χ1n) is 6.77. The zero-order valence-electron chi connectivity index (χ0n) is 11.9. The first kappa shape index (κ1) is 14.4. The third-order valence-electron chi connectivity index (χ3n) is 3.69. The van der Waals surface area contributed by atoms with E-state index in [1.54, 1.807) is 6.92 Å². The molecule has 2 N–H and O–H groups in total. The maximum atomic E-state index is 13.4. The lowest BCUT2D eigenvalue weighted by Gasteiger charge is -2.42. The van der Waals surface area contributed by atoms with Gasteiger partial charge in [-0.25, -0.2) is 4.39 Å². The third kappa shape index (κ3) is 3.32. The fraction of sp³-hybridized carbons (Fsp3) is 0.600. The molecule has 1 aromatic carbocycles. The second-order valence-electron chi connectivity index (χ2n) is 5.84. The minimum atomic E-state index is -0.165. The summed E-state index contributed by atoms with van der Waals surface area (Å²) in [5, 5.41) is 0. The van der Waals surface area contributed by atoms with E-state index in [0.717, 1.165) is 18.7 Å². The second-order valence-corrected chi connectivity index (χ2v) is 5.84. The van der Waals surface area contributed by atoms with E-state index >= 15 is 0 Å². The predicted octanol–water partition coefficient (Wildman–Crippen LogP) is 2.24. The molecular formula is C15H23FN2O. The van der Waals surface area contributed by atoms with Crippen LogP contribution in [0.25, 0.3) is 0 Å². The Kier molecular flexibility index (Phi) is 4.23. The average molecular weight is 266 g/mol. The molecule has 0 saturated carbocycles. The van der Waals surface area contributed by atoms with Gasteiger partial charge in [0, 0.05) is 25.7 Å². The van der Waals surface area contributed by atoms with Gasteiger partial charge in [-0.05, 0) is 38.0 Å². The van der Waals surface area contributed by atoms with Crippen LogP contribution in [0, 0.1) is 12.7 Å². The molecule has 0 aliphatic carbocycles. The van der Waals surface area contributed by atoms with Gasteiger partial charge in [0.2, 0.25) is 0 Å². The smallest absolute Gasteiger partial charge is 0.126 e. The average Bonchev–Trinajstić information content (AvgIpc) is 2.33. The molecule has 1 aliphatic rings. The number of hydrogen-bond acceptors (Lipinski definition) is 3. The van der Waals surface area contributed by atoms with Crippen molar-refractivity contribution in [2.45, 2.75) is 32.4 Å². The first-order valence-corrected chi connectivity index (χ1v) is 6.77. The molecule has 1 aromatic rings. The summed E-state index contributed by atoms with van der Waals surface area (Å²) in [5.41, 5.74) is 7.54. The van der Waals surface area contributed by atoms with Crippen molar-refractivity contribution in [1.82, 2.24) is 4.90 Å². The van der Waals surface area contributed by atoms with Gasteiger partial charge in [-0.2, -0.15) is 0 Å². The van der Waals surface area contributed by atoms with Crippen molar-refractivity contribution in [3.63, 3.8) is 0 Å². The van der Waals surface area contributed by atoms with Crippen LogP contribution in [-0.2, 0) is 4.74 Å². The van der Waals surface area contributed by atoms with E-state index in [-0.39, 0.29) is 17.5 Å². The summed E-state index contributed by atoms with van der Waals surface area (Å²) in [7, 11) is 0. The predicted molar refractivity (Wildman–Crippen MR) is 74.5 cm³/mol. The number of ether oxygens (including phenoxy) is 1. The molecule has 4 heteroatoms. The minimum absolute atomic E-state index is 0.127. The molecule has 1 saturated heterocycles. The summed E-state index contributed by atoms with van der Waals surface area (Å²) in [6, 6.07) is 5.39. The highest BCUT2D eigenvalue weighted by atomic mass is 19.1. The van der Waals surface area contributed by atoms with Crippen molar-refractivity contribution in [3.8, 4) is 0 Å². The van der Waals surface area contributed by atoms with Gasteiger partial charge in [-0.15, -0.1) is 0 Å². The van der Waals surface area contributed by atoms with Gasteiger partial charge in [0.25, 0.3) is 0 Å². The topological polar surface area (TPSA) is 38.5 Å². The largest absolute Gasteiger partial charge is 0.373 e. The summed E-state index contributed by atoms with van der Waals surface area (Å²) in [5.74, 6) is -0.165. The standard InChI is InChI=1S/C15H23FN2O/c1-11-8-12(4-5-13(11)16)14(9-17)18-6-7-19-15(2,3)10-18/h4-5,8,14H,6-7,9-10,17H2,1-3H3. The molecule has 0 bridgehead atoms. The number of benzene rings is 1. The van der Waals surface area contributed by atoms with Crippen LogP contribution in [0.3, 0.4) is 0 Å². The van der Waals surface area contributed by atoms with Gasteiger partial charge in [-0.1, -0.05) is 12.1 Å². The summed E-state index contributed by atoms with van der Waals surface area (Å²) in [6.07, 6.45) is 0. The molecule has 1 aliphatic heterocycles. The molecule has 1 heterocycles. The zero-order valence-corrected chi connectivity index (χ0v) is 11.9. The molecule has 0 radical (unpaired) electrons. The van der Waals surface area contributed by atoms with E-state index in [1.807, 2.05) is 12.1 Å². The van der Waals surface area contributed by atoms with Crippen molar-refractivity contribution in [2.24, 2.45) is 5.73 Å². The van der Waals surface area contributed by atoms with Crippen LogP contribution in [0.1, 0.15) is 31.0 Å². The van der Waals surface area contributed by atoms with Crippen molar-refractivity contribution in [2.75, 3.05) is 26.2 Å². The van der Waals surface area contributed by atoms with Crippen molar-refractivity contribution in [3.05, 3.63) is 35.1 Å². The Morgan fingerprint density at radius 1 is 1.47 bits per heavy atom. The van der Waals surface area contributed by atoms with Gasteiger partial charge in [0.15, 0.2) is 0 Å². The van der Waals surface area contributed by atoms with E-state index in [0.29, 0.717) is 18.7 Å². The maximum Gasteiger partial charge on any atom is 0.126 e. The summed E-state index contributed by atoms with van der Waals surface area (Å²) < 4.78 is 19.1. The molecule has 19 heavy (non-hydrogen) atoms. The Hall–Kier alpha value is -0.970. The summed E-state index contributed by atoms with van der Waals surface area (Å²) in [4.78, 5) is 2.33. The highest BCUT2D eigenvalue weighted by Gasteiger charge is 2.31. The van der Waals surface area contributed by atoms with Crippen LogP contribution in [0.2, 0.25) is 0 Å². The van der Waals surface area contributed by atoms with E-state index in [4.69, 9.17) is 10.5 Å². The van der Waals surface area contributed by atoms with Crippen LogP contribution in [0.15, 0.2) is 18.2 Å². The normalized spacial score (nSPS) is 21.3. The second kappa shape index (κ2) is 5.57. The van der Waals surface area contributed by atoms with Crippen molar-refractivity contribution >= 4 is 0 Å². The first-order chi connectivity index (χ1) is 8.93. The molecule has 0 amide bonds. The number of morpholine rings is 1. The van der Waals surface area contributed by atoms with Crippen molar-refractivity contribution in [1.29, 1.82) is 0 Å². The molecule has 1 fully saturated rings. The number of hydrogen-bond donors (Lipinski definition) is 1. The Bertz CT molecular complexity index is 448. The SMILES string of the molecule is Cc1cc(C(CN)N2CCOC(C)(C)C2)ccc1F. The zero-order chi connectivity index (χ0) is 14.0. The molecule has 3 nitrogen and oxygen atoms in total. The van der Waals surface area contributed by atoms with Gasteiger partial charge in [0.05, 0.1) is 12.2 Å². The number of nitrogens with two attached hydrogens (primary N) is 1. The highest BCUT2D eigenvalue weighted by Crippen LogP contribution is 2.27. The quantitative estimate of drug-likeness (QED) is 0.912. The van der Waals surface area contributed by atoms with E-state index < -0.39 is 0 Å². The lowest BCUT2D eigenvalue weighted by molar-refractivity contribution is -0.0967. The van der Waals surface area contributed by atoms with E-state index in [1.165, 1.54) is 6.07 Å². The number of nitrogens with zero attached hydrogens (tertiary/aromatic N) is 1. The van der Waals surface area contributed by atoms with Gasteiger partial charge in [0.1, 0.15) is 5.82 Å². The fourth-order valence-corrected chi connectivity index (χ4v) is 2.69. The van der Waals surface area contributed by atoms with Gasteiger partial charge in [-0.3, -0.25) is 4.90 Å². The summed E-state index contributed by atoms with van der Waals surface area (Å²) in [6.45, 7) is 8.90. The monoisotopic (exact) mass is 266 g/mol. The van der Waals surface area contributed by atoms with Crippen LogP contribution >= 0.6 is 0 Å². The molecule has 1 unspecified atom stereocenters. The van der Waals surface area contributed by atoms with Crippen LogP contribution in [-0.4, -0.2) is 36.7 Å². The van der Waals surface area contributed by atoms with Crippen LogP contribution < -0.4 is 5.73 Å². The molecule has 2 rings (SSSR count). The maximum absolute atomic E-state index is 13.4. The lowest BCUT2D eigenvalue weighted by atomic mass is 9.99. The highest BCUT2D eigenvalue weighted by molar-refractivity contribution is 5.27. The Labute approximate surface area is 114 Å². The molecule has 0 aromatic heterocycles. The van der Waals surface area contributed by atoms with E-state index in [2.05, 4.69) is 18.7 Å².